The fraction of sp³-hybridized carbons (Fsp3) is 0.400. The van der Waals surface area contributed by atoms with E-state index in [1.807, 2.05) is 0 Å². The van der Waals surface area contributed by atoms with Crippen molar-refractivity contribution in [3.05, 3.63) is 46.7 Å². The molecule has 5 nitrogen and oxygen atoms in total. The van der Waals surface area contributed by atoms with Gasteiger partial charge in [0.25, 0.3) is 0 Å². The molecule has 1 fully saturated rings. The first-order valence-electron chi connectivity index (χ1n) is 7.54. The highest BCUT2D eigenvalue weighted by Gasteiger charge is 2.59. The molecule has 0 radical (unpaired) electrons. The van der Waals surface area contributed by atoms with Crippen LogP contribution in [0.3, 0.4) is 0 Å². The highest BCUT2D eigenvalue weighted by Crippen LogP contribution is 2.53. The zero-order valence-corrected chi connectivity index (χ0v) is 14.0. The van der Waals surface area contributed by atoms with Gasteiger partial charge in [-0.1, -0.05) is 11.6 Å². The summed E-state index contributed by atoms with van der Waals surface area (Å²) < 4.78 is 56.8. The Kier molecular flexibility index (Phi) is 3.49. The van der Waals surface area contributed by atoms with Gasteiger partial charge in [0.1, 0.15) is 5.69 Å². The second-order valence-corrected chi connectivity index (χ2v) is 8.35. The minimum Gasteiger partial charge on any atom is -0.276 e. The highest BCUT2D eigenvalue weighted by atomic mass is 35.5. The molecule has 1 saturated heterocycles. The van der Waals surface area contributed by atoms with Gasteiger partial charge in [-0.05, 0) is 43.5 Å². The number of fused-ring (bicyclic) bond motifs is 4. The monoisotopic (exact) mass is 373 g/mol. The summed E-state index contributed by atoms with van der Waals surface area (Å²) in [5.74, 6) is -3.30. The van der Waals surface area contributed by atoms with E-state index in [4.69, 9.17) is 11.6 Å². The molecule has 9 heteroatoms. The SMILES string of the molecule is O=S(=O)(c1ccc(Cl)cc1)N1C2CCCC1C(F)(F)c1[nH]ncc12. The molecule has 128 valence electrons. The molecular formula is C15H14ClF2N3O2S. The van der Waals surface area contributed by atoms with Gasteiger partial charge in [-0.25, -0.2) is 8.42 Å². The number of H-pyrrole nitrogens is 1. The molecule has 0 spiro atoms. The van der Waals surface area contributed by atoms with Crippen LogP contribution >= 0.6 is 11.6 Å². The van der Waals surface area contributed by atoms with Gasteiger partial charge in [-0.2, -0.15) is 18.2 Å². The zero-order chi connectivity index (χ0) is 17.1. The molecule has 3 heterocycles. The molecular weight excluding hydrogens is 360 g/mol. The summed E-state index contributed by atoms with van der Waals surface area (Å²) in [6.07, 6.45) is 2.45. The Bertz CT molecular complexity index is 882. The molecule has 0 saturated carbocycles. The lowest BCUT2D eigenvalue weighted by Gasteiger charge is -2.47. The quantitative estimate of drug-likeness (QED) is 0.876. The van der Waals surface area contributed by atoms with Crippen molar-refractivity contribution in [1.82, 2.24) is 14.5 Å². The second-order valence-electron chi connectivity index (χ2n) is 6.07. The van der Waals surface area contributed by atoms with Crippen LogP contribution in [0.15, 0.2) is 35.4 Å². The summed E-state index contributed by atoms with van der Waals surface area (Å²) >= 11 is 5.80. The fourth-order valence-electron chi connectivity index (χ4n) is 3.65. The minimum atomic E-state index is -4.08. The van der Waals surface area contributed by atoms with Crippen molar-refractivity contribution in [2.45, 2.75) is 42.2 Å². The zero-order valence-electron chi connectivity index (χ0n) is 12.4. The Morgan fingerprint density at radius 2 is 1.96 bits per heavy atom. The summed E-state index contributed by atoms with van der Waals surface area (Å²) in [5.41, 5.74) is -0.00625. The topological polar surface area (TPSA) is 66.1 Å². The Morgan fingerprint density at radius 1 is 1.25 bits per heavy atom. The van der Waals surface area contributed by atoms with Gasteiger partial charge in [-0.15, -0.1) is 0 Å². The van der Waals surface area contributed by atoms with Crippen molar-refractivity contribution < 1.29 is 17.2 Å². The number of aromatic nitrogens is 2. The number of aromatic amines is 1. The third kappa shape index (κ3) is 2.13. The maximum Gasteiger partial charge on any atom is 0.305 e. The molecule has 24 heavy (non-hydrogen) atoms. The van der Waals surface area contributed by atoms with Crippen LogP contribution in [0.2, 0.25) is 5.02 Å². The standard InChI is InChI=1S/C15H14ClF2N3O2S/c16-9-4-6-10(7-5-9)24(22,23)21-12-2-1-3-13(21)15(17,18)14-11(12)8-19-20-14/h4-8,12-13H,1-3H2,(H,19,20). The van der Waals surface area contributed by atoms with Gasteiger partial charge in [0.05, 0.1) is 23.2 Å². The predicted octanol–water partition coefficient (Wildman–Crippen LogP) is 3.45. The summed E-state index contributed by atoms with van der Waals surface area (Å²) in [4.78, 5) is -0.0356. The average Bonchev–Trinajstić information content (AvgIpc) is 3.04. The summed E-state index contributed by atoms with van der Waals surface area (Å²) in [6, 6.07) is 3.53. The van der Waals surface area contributed by atoms with Crippen LogP contribution in [-0.4, -0.2) is 29.0 Å². The Balaban J connectivity index is 1.88. The van der Waals surface area contributed by atoms with Crippen LogP contribution < -0.4 is 0 Å². The summed E-state index contributed by atoms with van der Waals surface area (Å²) in [6.45, 7) is 0. The van der Waals surface area contributed by atoms with Gasteiger partial charge >= 0.3 is 5.92 Å². The number of benzene rings is 1. The third-order valence-corrected chi connectivity index (χ3v) is 6.92. The third-order valence-electron chi connectivity index (χ3n) is 4.74. The Labute approximate surface area is 142 Å². The molecule has 0 aliphatic carbocycles. The van der Waals surface area contributed by atoms with E-state index in [9.17, 15) is 17.2 Å². The molecule has 0 amide bonds. The maximum absolute atomic E-state index is 14.9. The Morgan fingerprint density at radius 3 is 2.67 bits per heavy atom. The first-order valence-corrected chi connectivity index (χ1v) is 9.36. The normalized spacial score (nSPS) is 26.1. The van der Waals surface area contributed by atoms with E-state index >= 15 is 0 Å². The van der Waals surface area contributed by atoms with E-state index in [0.717, 1.165) is 4.31 Å². The molecule has 2 atom stereocenters. The first kappa shape index (κ1) is 16.0. The second kappa shape index (κ2) is 5.24. The van der Waals surface area contributed by atoms with Gasteiger partial charge in [0.2, 0.25) is 10.0 Å². The predicted molar refractivity (Wildman–Crippen MR) is 83.3 cm³/mol. The maximum atomic E-state index is 14.9. The van der Waals surface area contributed by atoms with Crippen LogP contribution in [0, 0.1) is 0 Å². The Hall–Kier alpha value is -1.51. The number of nitrogens with zero attached hydrogens (tertiary/aromatic N) is 2. The molecule has 2 aliphatic heterocycles. The van der Waals surface area contributed by atoms with Crippen molar-refractivity contribution >= 4 is 21.6 Å². The van der Waals surface area contributed by atoms with Crippen molar-refractivity contribution in [3.8, 4) is 0 Å². The lowest BCUT2D eigenvalue weighted by molar-refractivity contribution is -0.106. The molecule has 2 unspecified atom stereocenters. The molecule has 1 aromatic heterocycles. The van der Waals surface area contributed by atoms with Gasteiger partial charge in [-0.3, -0.25) is 5.10 Å². The molecule has 4 rings (SSSR count). The number of piperidine rings is 1. The van der Waals surface area contributed by atoms with Crippen LogP contribution in [-0.2, 0) is 15.9 Å². The lowest BCUT2D eigenvalue weighted by Crippen LogP contribution is -2.56. The largest absolute Gasteiger partial charge is 0.305 e. The van der Waals surface area contributed by atoms with E-state index < -0.39 is 28.0 Å². The smallest absolute Gasteiger partial charge is 0.276 e. The van der Waals surface area contributed by atoms with E-state index in [1.165, 1.54) is 30.5 Å². The van der Waals surface area contributed by atoms with Crippen LogP contribution in [0.5, 0.6) is 0 Å². The fourth-order valence-corrected chi connectivity index (χ4v) is 5.63. The number of sulfonamides is 1. The van der Waals surface area contributed by atoms with Crippen molar-refractivity contribution in [1.29, 1.82) is 0 Å². The number of hydrogen-bond donors (Lipinski definition) is 1. The number of hydrogen-bond acceptors (Lipinski definition) is 3. The van der Waals surface area contributed by atoms with Crippen molar-refractivity contribution in [2.24, 2.45) is 0 Å². The van der Waals surface area contributed by atoms with Crippen LogP contribution in [0.25, 0.3) is 0 Å². The number of nitrogens with one attached hydrogen (secondary N) is 1. The minimum absolute atomic E-state index is 0.0356. The highest BCUT2D eigenvalue weighted by molar-refractivity contribution is 7.89. The molecule has 2 aliphatic rings. The van der Waals surface area contributed by atoms with E-state index in [1.54, 1.807) is 0 Å². The first-order chi connectivity index (χ1) is 11.3. The van der Waals surface area contributed by atoms with Crippen molar-refractivity contribution in [2.75, 3.05) is 0 Å². The molecule has 2 aromatic rings. The van der Waals surface area contributed by atoms with E-state index in [2.05, 4.69) is 10.2 Å². The van der Waals surface area contributed by atoms with Gasteiger partial charge < -0.3 is 0 Å². The van der Waals surface area contributed by atoms with Gasteiger partial charge in [0.15, 0.2) is 0 Å². The number of halogens is 3. The van der Waals surface area contributed by atoms with Crippen LogP contribution in [0.4, 0.5) is 8.78 Å². The van der Waals surface area contributed by atoms with Crippen LogP contribution in [0.1, 0.15) is 36.6 Å². The average molecular weight is 374 g/mol. The lowest BCUT2D eigenvalue weighted by atomic mass is 9.83. The molecule has 1 aromatic carbocycles. The summed E-state index contributed by atoms with van der Waals surface area (Å²) in [7, 11) is -4.08. The number of alkyl halides is 2. The number of rotatable bonds is 2. The van der Waals surface area contributed by atoms with E-state index in [0.29, 0.717) is 17.9 Å². The summed E-state index contributed by atoms with van der Waals surface area (Å²) in [5, 5.41) is 6.46. The van der Waals surface area contributed by atoms with Gasteiger partial charge in [0, 0.05) is 10.6 Å². The molecule has 1 N–H and O–H groups in total. The van der Waals surface area contributed by atoms with Crippen molar-refractivity contribution in [3.63, 3.8) is 0 Å². The van der Waals surface area contributed by atoms with E-state index in [-0.39, 0.29) is 22.6 Å². The molecule has 2 bridgehead atoms.